The Morgan fingerprint density at radius 3 is 2.88 bits per heavy atom. The Hall–Kier alpha value is -2.12. The molecule has 2 heterocycles. The summed E-state index contributed by atoms with van der Waals surface area (Å²) >= 11 is 5.07. The Bertz CT molecular complexity index is 982. The number of nitrogens with one attached hydrogen (secondary N) is 1. The van der Waals surface area contributed by atoms with Gasteiger partial charge in [-0.1, -0.05) is 33.3 Å². The van der Waals surface area contributed by atoms with Crippen LogP contribution in [-0.2, 0) is 4.79 Å². The molecule has 0 aliphatic carbocycles. The van der Waals surface area contributed by atoms with Crippen molar-refractivity contribution in [3.63, 3.8) is 0 Å². The highest BCUT2D eigenvalue weighted by Gasteiger charge is 2.34. The number of hydrogen-bond acceptors (Lipinski definition) is 5. The first-order chi connectivity index (χ1) is 12.5. The first kappa shape index (κ1) is 17.3. The van der Waals surface area contributed by atoms with Crippen molar-refractivity contribution in [2.45, 2.75) is 6.92 Å². The Balaban J connectivity index is 1.42. The molecule has 1 aliphatic rings. The molecule has 1 amide bonds. The van der Waals surface area contributed by atoms with Gasteiger partial charge in [0, 0.05) is 23.2 Å². The van der Waals surface area contributed by atoms with Crippen molar-refractivity contribution < 1.29 is 9.53 Å². The lowest BCUT2D eigenvalue weighted by molar-refractivity contribution is -0.120. The molecule has 0 radical (unpaired) electrons. The van der Waals surface area contributed by atoms with Crippen LogP contribution in [0.4, 0.5) is 10.8 Å². The van der Waals surface area contributed by atoms with Crippen LogP contribution in [0.3, 0.4) is 0 Å². The van der Waals surface area contributed by atoms with E-state index < -0.39 is 0 Å². The van der Waals surface area contributed by atoms with Gasteiger partial charge in [-0.15, -0.1) is 0 Å². The third kappa shape index (κ3) is 3.17. The number of benzene rings is 2. The zero-order chi connectivity index (χ0) is 18.3. The van der Waals surface area contributed by atoms with E-state index in [9.17, 15) is 4.79 Å². The Kier molecular flexibility index (Phi) is 4.58. The van der Waals surface area contributed by atoms with Crippen molar-refractivity contribution in [1.82, 2.24) is 4.98 Å². The fraction of sp³-hybridized carbons (Fsp3) is 0.263. The zero-order valence-corrected chi connectivity index (χ0v) is 16.9. The second-order valence-corrected chi connectivity index (χ2v) is 8.28. The number of amides is 1. The lowest BCUT2D eigenvalue weighted by atomic mass is 10.00. The van der Waals surface area contributed by atoms with Crippen LogP contribution in [0.1, 0.15) is 5.56 Å². The largest absolute Gasteiger partial charge is 0.494 e. The number of thiazole rings is 1. The number of carbonyl (C=O) groups is 1. The minimum atomic E-state index is -0.0213. The number of carbonyl (C=O) groups excluding carboxylic acids is 1. The van der Waals surface area contributed by atoms with E-state index in [2.05, 4.69) is 31.1 Å². The summed E-state index contributed by atoms with van der Waals surface area (Å²) < 4.78 is 7.48. The predicted octanol–water partition coefficient (Wildman–Crippen LogP) is 4.45. The maximum Gasteiger partial charge on any atom is 0.231 e. The quantitative estimate of drug-likeness (QED) is 0.662. The number of aryl methyl sites for hydroxylation is 1. The van der Waals surface area contributed by atoms with Crippen molar-refractivity contribution >= 4 is 54.2 Å². The molecule has 0 spiro atoms. The molecule has 1 saturated heterocycles. The first-order valence-corrected chi connectivity index (χ1v) is 9.91. The molecule has 3 aromatic rings. The number of aromatic nitrogens is 1. The average molecular weight is 432 g/mol. The molecule has 1 aliphatic heterocycles. The van der Waals surface area contributed by atoms with E-state index in [-0.39, 0.29) is 11.8 Å². The number of fused-ring (bicyclic) bond motifs is 1. The van der Waals surface area contributed by atoms with E-state index in [0.717, 1.165) is 36.8 Å². The van der Waals surface area contributed by atoms with E-state index >= 15 is 0 Å². The van der Waals surface area contributed by atoms with Crippen LogP contribution in [0.2, 0.25) is 0 Å². The van der Waals surface area contributed by atoms with E-state index in [1.54, 1.807) is 18.4 Å². The van der Waals surface area contributed by atoms with Gasteiger partial charge in [0.25, 0.3) is 0 Å². The molecule has 0 unspecified atom stereocenters. The third-order valence-electron chi connectivity index (χ3n) is 4.56. The van der Waals surface area contributed by atoms with Crippen molar-refractivity contribution in [3.05, 3.63) is 46.4 Å². The summed E-state index contributed by atoms with van der Waals surface area (Å²) in [5.41, 5.74) is 2.79. The Morgan fingerprint density at radius 2 is 2.15 bits per heavy atom. The zero-order valence-electron chi connectivity index (χ0n) is 14.5. The fourth-order valence-electron chi connectivity index (χ4n) is 3.01. The number of rotatable bonds is 4. The van der Waals surface area contributed by atoms with Crippen LogP contribution in [0, 0.1) is 12.8 Å². The van der Waals surface area contributed by atoms with Gasteiger partial charge in [-0.3, -0.25) is 4.79 Å². The highest BCUT2D eigenvalue weighted by molar-refractivity contribution is 9.10. The number of hydrogen-bond donors (Lipinski definition) is 1. The second-order valence-electron chi connectivity index (χ2n) is 6.35. The number of nitrogens with zero attached hydrogens (tertiary/aromatic N) is 2. The lowest BCUT2D eigenvalue weighted by Crippen LogP contribution is -2.52. The van der Waals surface area contributed by atoms with Crippen LogP contribution >= 0.6 is 27.3 Å². The van der Waals surface area contributed by atoms with E-state index in [0.29, 0.717) is 13.1 Å². The Labute approximate surface area is 164 Å². The highest BCUT2D eigenvalue weighted by atomic mass is 79.9. The van der Waals surface area contributed by atoms with Gasteiger partial charge in [-0.25, -0.2) is 4.98 Å². The molecule has 7 heteroatoms. The number of para-hydroxylation sites is 1. The molecule has 4 rings (SSSR count). The van der Waals surface area contributed by atoms with Crippen LogP contribution in [0.15, 0.2) is 40.9 Å². The van der Waals surface area contributed by atoms with Crippen LogP contribution < -0.4 is 15.0 Å². The maximum absolute atomic E-state index is 12.5. The number of anilines is 2. The van der Waals surface area contributed by atoms with Crippen molar-refractivity contribution in [2.75, 3.05) is 30.4 Å². The molecule has 2 aromatic carbocycles. The SMILES string of the molecule is COc1cccc2sc(N3CC(C(=O)Nc4ccc(Br)cc4C)C3)nc12. The molecular weight excluding hydrogens is 414 g/mol. The molecule has 1 fully saturated rings. The summed E-state index contributed by atoms with van der Waals surface area (Å²) in [5.74, 6) is 0.822. The minimum absolute atomic E-state index is 0.0213. The molecule has 1 N–H and O–H groups in total. The van der Waals surface area contributed by atoms with Crippen molar-refractivity contribution in [2.24, 2.45) is 5.92 Å². The van der Waals surface area contributed by atoms with Crippen LogP contribution in [0.25, 0.3) is 10.2 Å². The van der Waals surface area contributed by atoms with Crippen molar-refractivity contribution in [1.29, 1.82) is 0 Å². The van der Waals surface area contributed by atoms with Gasteiger partial charge in [-0.05, 0) is 42.8 Å². The molecule has 26 heavy (non-hydrogen) atoms. The van der Waals surface area contributed by atoms with Crippen LogP contribution in [0.5, 0.6) is 5.75 Å². The minimum Gasteiger partial charge on any atom is -0.494 e. The average Bonchev–Trinajstić information content (AvgIpc) is 2.99. The normalized spacial score (nSPS) is 14.3. The fourth-order valence-corrected chi connectivity index (χ4v) is 4.49. The summed E-state index contributed by atoms with van der Waals surface area (Å²) in [7, 11) is 1.65. The van der Waals surface area contributed by atoms with Gasteiger partial charge in [-0.2, -0.15) is 0 Å². The summed E-state index contributed by atoms with van der Waals surface area (Å²) in [6.07, 6.45) is 0. The standard InChI is InChI=1S/C19H18BrN3O2S/c1-11-8-13(20)6-7-14(11)21-18(24)12-9-23(10-12)19-22-17-15(25-2)4-3-5-16(17)26-19/h3-8,12H,9-10H2,1-2H3,(H,21,24). The second kappa shape index (κ2) is 6.89. The lowest BCUT2D eigenvalue weighted by Gasteiger charge is -2.38. The number of methoxy groups -OCH3 is 1. The maximum atomic E-state index is 12.5. The first-order valence-electron chi connectivity index (χ1n) is 8.30. The predicted molar refractivity (Wildman–Crippen MR) is 109 cm³/mol. The number of halogens is 1. The number of ether oxygens (including phenoxy) is 1. The van der Waals surface area contributed by atoms with Gasteiger partial charge < -0.3 is 15.0 Å². The van der Waals surface area contributed by atoms with E-state index in [1.165, 1.54) is 0 Å². The topological polar surface area (TPSA) is 54.5 Å². The van der Waals surface area contributed by atoms with Gasteiger partial charge >= 0.3 is 0 Å². The summed E-state index contributed by atoms with van der Waals surface area (Å²) in [5, 5.41) is 3.97. The summed E-state index contributed by atoms with van der Waals surface area (Å²) in [4.78, 5) is 19.3. The molecule has 0 saturated carbocycles. The third-order valence-corrected chi connectivity index (χ3v) is 6.13. The van der Waals surface area contributed by atoms with E-state index in [4.69, 9.17) is 4.74 Å². The van der Waals surface area contributed by atoms with Crippen molar-refractivity contribution in [3.8, 4) is 5.75 Å². The van der Waals surface area contributed by atoms with E-state index in [1.807, 2.05) is 43.3 Å². The monoisotopic (exact) mass is 431 g/mol. The van der Waals surface area contributed by atoms with Gasteiger partial charge in [0.05, 0.1) is 17.7 Å². The van der Waals surface area contributed by atoms with Gasteiger partial charge in [0.2, 0.25) is 5.91 Å². The smallest absolute Gasteiger partial charge is 0.231 e. The molecule has 134 valence electrons. The molecule has 0 bridgehead atoms. The summed E-state index contributed by atoms with van der Waals surface area (Å²) in [6.45, 7) is 3.36. The van der Waals surface area contributed by atoms with Gasteiger partial charge in [0.15, 0.2) is 5.13 Å². The molecule has 0 atom stereocenters. The van der Waals surface area contributed by atoms with Gasteiger partial charge in [0.1, 0.15) is 11.3 Å². The summed E-state index contributed by atoms with van der Waals surface area (Å²) in [6, 6.07) is 11.8. The molecule has 5 nitrogen and oxygen atoms in total. The highest BCUT2D eigenvalue weighted by Crippen LogP contribution is 2.36. The molecule has 1 aromatic heterocycles. The van der Waals surface area contributed by atoms with Crippen LogP contribution in [-0.4, -0.2) is 31.1 Å². The molecular formula is C19H18BrN3O2S. The Morgan fingerprint density at radius 1 is 1.35 bits per heavy atom.